The van der Waals surface area contributed by atoms with Gasteiger partial charge in [0.2, 0.25) is 10.0 Å². The third kappa shape index (κ3) is 3.89. The summed E-state index contributed by atoms with van der Waals surface area (Å²) in [6.07, 6.45) is 0.655. The lowest BCUT2D eigenvalue weighted by molar-refractivity contribution is 0.281. The number of thiophene rings is 1. The molecule has 6 heteroatoms. The summed E-state index contributed by atoms with van der Waals surface area (Å²) >= 11 is 1.60. The van der Waals surface area contributed by atoms with E-state index >= 15 is 0 Å². The Balaban J connectivity index is 2.10. The van der Waals surface area contributed by atoms with Crippen LogP contribution >= 0.6 is 11.3 Å². The van der Waals surface area contributed by atoms with E-state index in [2.05, 4.69) is 4.72 Å². The molecule has 1 heterocycles. The van der Waals surface area contributed by atoms with Crippen molar-refractivity contribution >= 4 is 21.4 Å². The predicted octanol–water partition coefficient (Wildman–Crippen LogP) is 2.15. The van der Waals surface area contributed by atoms with E-state index in [1.807, 2.05) is 23.8 Å². The van der Waals surface area contributed by atoms with Crippen molar-refractivity contribution in [3.63, 3.8) is 0 Å². The van der Waals surface area contributed by atoms with E-state index in [1.54, 1.807) is 23.5 Å². The van der Waals surface area contributed by atoms with E-state index in [9.17, 15) is 8.42 Å². The number of rotatable bonds is 6. The van der Waals surface area contributed by atoms with Gasteiger partial charge in [0.25, 0.3) is 0 Å². The van der Waals surface area contributed by atoms with Crippen LogP contribution in [0, 0.1) is 0 Å². The van der Waals surface area contributed by atoms with E-state index in [1.165, 1.54) is 12.1 Å². The van der Waals surface area contributed by atoms with Gasteiger partial charge in [0.05, 0.1) is 11.5 Å². The minimum absolute atomic E-state index is 0.173. The van der Waals surface area contributed by atoms with Gasteiger partial charge in [-0.05, 0) is 53.4 Å². The zero-order valence-corrected chi connectivity index (χ0v) is 12.7. The Labute approximate surface area is 123 Å². The lowest BCUT2D eigenvalue weighted by atomic mass is 10.1. The smallest absolute Gasteiger partial charge is 0.240 e. The van der Waals surface area contributed by atoms with Crippen molar-refractivity contribution in [1.82, 2.24) is 4.72 Å². The number of hydrogen-bond acceptors (Lipinski definition) is 4. The van der Waals surface area contributed by atoms with Crippen molar-refractivity contribution in [2.45, 2.75) is 30.9 Å². The van der Waals surface area contributed by atoms with Gasteiger partial charge in [-0.2, -0.15) is 11.3 Å². The van der Waals surface area contributed by atoms with Crippen molar-refractivity contribution in [1.29, 1.82) is 0 Å². The molecule has 0 saturated heterocycles. The maximum Gasteiger partial charge on any atom is 0.240 e. The van der Waals surface area contributed by atoms with Crippen LogP contribution in [0.5, 0.6) is 0 Å². The molecule has 0 saturated carbocycles. The molecule has 2 rings (SSSR count). The number of hydrogen-bond donors (Lipinski definition) is 2. The number of aliphatic hydroxyl groups excluding tert-OH is 1. The molecule has 1 aromatic carbocycles. The fourth-order valence-corrected chi connectivity index (χ4v) is 3.94. The molecular formula is C14H17NO3S2. The van der Waals surface area contributed by atoms with Crippen LogP contribution in [0.2, 0.25) is 0 Å². The SMILES string of the molecule is CC(Cc1ccsc1)NS(=O)(=O)c1cccc(CO)c1. The van der Waals surface area contributed by atoms with Crippen molar-refractivity contribution in [2.24, 2.45) is 0 Å². The Kier molecular flexibility index (Phi) is 4.93. The Morgan fingerprint density at radius 1 is 1.30 bits per heavy atom. The summed E-state index contributed by atoms with van der Waals surface area (Å²) in [5.74, 6) is 0. The van der Waals surface area contributed by atoms with Gasteiger partial charge >= 0.3 is 0 Å². The minimum Gasteiger partial charge on any atom is -0.392 e. The first-order valence-electron chi connectivity index (χ1n) is 6.24. The first-order chi connectivity index (χ1) is 9.51. The fourth-order valence-electron chi connectivity index (χ4n) is 1.95. The van der Waals surface area contributed by atoms with Crippen LogP contribution in [0.4, 0.5) is 0 Å². The van der Waals surface area contributed by atoms with Crippen molar-refractivity contribution in [3.8, 4) is 0 Å². The van der Waals surface area contributed by atoms with Crippen molar-refractivity contribution in [2.75, 3.05) is 0 Å². The molecule has 108 valence electrons. The lowest BCUT2D eigenvalue weighted by Gasteiger charge is -2.14. The summed E-state index contributed by atoms with van der Waals surface area (Å²) in [6, 6.07) is 8.13. The van der Waals surface area contributed by atoms with Crippen LogP contribution in [-0.2, 0) is 23.1 Å². The van der Waals surface area contributed by atoms with Gasteiger partial charge in [0, 0.05) is 6.04 Å². The van der Waals surface area contributed by atoms with Gasteiger partial charge in [-0.1, -0.05) is 12.1 Å². The molecule has 0 bridgehead atoms. The Morgan fingerprint density at radius 2 is 2.10 bits per heavy atom. The number of benzene rings is 1. The largest absolute Gasteiger partial charge is 0.392 e. The van der Waals surface area contributed by atoms with Crippen LogP contribution in [0.25, 0.3) is 0 Å². The zero-order valence-electron chi connectivity index (χ0n) is 11.1. The van der Waals surface area contributed by atoms with Crippen LogP contribution in [0.3, 0.4) is 0 Å². The minimum atomic E-state index is -3.55. The van der Waals surface area contributed by atoms with Gasteiger partial charge in [-0.15, -0.1) is 0 Å². The van der Waals surface area contributed by atoms with E-state index in [0.717, 1.165) is 5.56 Å². The molecule has 0 fully saturated rings. The number of aliphatic hydroxyl groups is 1. The van der Waals surface area contributed by atoms with E-state index in [-0.39, 0.29) is 17.5 Å². The second-order valence-corrected chi connectivity index (χ2v) is 7.16. The average Bonchev–Trinajstić information content (AvgIpc) is 2.91. The molecule has 0 aliphatic carbocycles. The standard InChI is InChI=1S/C14H17NO3S2/c1-11(7-13-5-6-19-10-13)15-20(17,18)14-4-2-3-12(8-14)9-16/h2-6,8,10-11,15-16H,7,9H2,1H3. The summed E-state index contributed by atoms with van der Waals surface area (Å²) < 4.78 is 27.2. The van der Waals surface area contributed by atoms with Crippen molar-refractivity contribution in [3.05, 3.63) is 52.2 Å². The molecule has 0 aliphatic heterocycles. The monoisotopic (exact) mass is 311 g/mol. The Hall–Kier alpha value is -1.21. The van der Waals surface area contributed by atoms with E-state index in [4.69, 9.17) is 5.11 Å². The Bertz CT molecular complexity index is 651. The number of nitrogens with one attached hydrogen (secondary N) is 1. The van der Waals surface area contributed by atoms with Crippen LogP contribution < -0.4 is 4.72 Å². The topological polar surface area (TPSA) is 66.4 Å². The first kappa shape index (κ1) is 15.2. The highest BCUT2D eigenvalue weighted by molar-refractivity contribution is 7.89. The fraction of sp³-hybridized carbons (Fsp3) is 0.286. The molecule has 20 heavy (non-hydrogen) atoms. The lowest BCUT2D eigenvalue weighted by Crippen LogP contribution is -2.34. The molecule has 0 amide bonds. The number of sulfonamides is 1. The summed E-state index contributed by atoms with van der Waals surface area (Å²) in [4.78, 5) is 0.182. The highest BCUT2D eigenvalue weighted by atomic mass is 32.2. The summed E-state index contributed by atoms with van der Waals surface area (Å²) in [5, 5.41) is 13.1. The van der Waals surface area contributed by atoms with E-state index in [0.29, 0.717) is 12.0 Å². The second kappa shape index (κ2) is 6.49. The molecule has 2 aromatic rings. The molecule has 1 unspecified atom stereocenters. The van der Waals surface area contributed by atoms with Gasteiger partial charge in [-0.3, -0.25) is 0 Å². The molecule has 1 atom stereocenters. The average molecular weight is 311 g/mol. The molecular weight excluding hydrogens is 294 g/mol. The normalized spacial score (nSPS) is 13.3. The molecule has 0 spiro atoms. The van der Waals surface area contributed by atoms with Gasteiger partial charge < -0.3 is 5.11 Å². The summed E-state index contributed by atoms with van der Waals surface area (Å²) in [5.41, 5.74) is 1.70. The molecule has 0 aliphatic rings. The summed E-state index contributed by atoms with van der Waals surface area (Å²) in [7, 11) is -3.55. The van der Waals surface area contributed by atoms with Crippen LogP contribution in [0.15, 0.2) is 46.0 Å². The quantitative estimate of drug-likeness (QED) is 0.859. The predicted molar refractivity (Wildman–Crippen MR) is 80.2 cm³/mol. The zero-order chi connectivity index (χ0) is 14.6. The first-order valence-corrected chi connectivity index (χ1v) is 8.67. The van der Waals surface area contributed by atoms with Gasteiger partial charge in [0.1, 0.15) is 0 Å². The maximum atomic E-state index is 12.2. The molecule has 0 radical (unpaired) electrons. The maximum absolute atomic E-state index is 12.2. The van der Waals surface area contributed by atoms with Crippen LogP contribution in [0.1, 0.15) is 18.1 Å². The van der Waals surface area contributed by atoms with Crippen LogP contribution in [-0.4, -0.2) is 19.6 Å². The molecule has 1 aromatic heterocycles. The van der Waals surface area contributed by atoms with E-state index < -0.39 is 10.0 Å². The highest BCUT2D eigenvalue weighted by Gasteiger charge is 2.17. The second-order valence-electron chi connectivity index (χ2n) is 4.66. The van der Waals surface area contributed by atoms with Crippen molar-refractivity contribution < 1.29 is 13.5 Å². The molecule has 2 N–H and O–H groups in total. The molecule has 4 nitrogen and oxygen atoms in total. The third-order valence-electron chi connectivity index (χ3n) is 2.87. The third-order valence-corrected chi connectivity index (χ3v) is 5.19. The van der Waals surface area contributed by atoms with Gasteiger partial charge in [-0.25, -0.2) is 13.1 Å². The van der Waals surface area contributed by atoms with Gasteiger partial charge in [0.15, 0.2) is 0 Å². The Morgan fingerprint density at radius 3 is 2.75 bits per heavy atom. The summed E-state index contributed by atoms with van der Waals surface area (Å²) in [6.45, 7) is 1.67. The highest BCUT2D eigenvalue weighted by Crippen LogP contribution is 2.14.